The van der Waals surface area contributed by atoms with Crippen molar-refractivity contribution < 1.29 is 19.4 Å². The van der Waals surface area contributed by atoms with E-state index in [2.05, 4.69) is 36.2 Å². The summed E-state index contributed by atoms with van der Waals surface area (Å²) in [5.74, 6) is 2.68. The van der Waals surface area contributed by atoms with Crippen LogP contribution in [-0.4, -0.2) is 60.9 Å². The predicted molar refractivity (Wildman–Crippen MR) is 128 cm³/mol. The van der Waals surface area contributed by atoms with Gasteiger partial charge in [-0.1, -0.05) is 6.92 Å². The van der Waals surface area contributed by atoms with E-state index < -0.39 is 0 Å². The van der Waals surface area contributed by atoms with Crippen LogP contribution in [0, 0.1) is 0 Å². The molecule has 0 spiro atoms. The standard InChI is InChI=1S/C24H35N3O2.CH2O2/c1-4-17(2)25-24-19-10-7-9-18(19)20-15-22(28-3)23(16-21(20)26-24)29-14-8-13-27-11-5-6-12-27;2-1-3/h15-17H,4-14H2,1-3H3,(H,25,26);1H,(H,2,3)/t17-;/m1./s1. The number of ether oxygens (including phenoxy) is 2. The molecule has 1 aliphatic heterocycles. The van der Waals surface area contributed by atoms with E-state index in [1.165, 1.54) is 48.9 Å². The zero-order valence-electron chi connectivity index (χ0n) is 19.7. The van der Waals surface area contributed by atoms with Crippen molar-refractivity contribution in [2.45, 2.75) is 64.8 Å². The van der Waals surface area contributed by atoms with Gasteiger partial charge >= 0.3 is 0 Å². The third-order valence-corrected chi connectivity index (χ3v) is 6.41. The molecule has 2 aliphatic rings. The van der Waals surface area contributed by atoms with Crippen LogP contribution in [0.1, 0.15) is 57.1 Å². The Bertz CT molecular complexity index is 897. The van der Waals surface area contributed by atoms with Gasteiger partial charge in [0.05, 0.1) is 19.2 Å². The number of aromatic nitrogens is 1. The Morgan fingerprint density at radius 3 is 2.59 bits per heavy atom. The lowest BCUT2D eigenvalue weighted by molar-refractivity contribution is -0.122. The fraction of sp³-hybridized carbons (Fsp3) is 0.600. The largest absolute Gasteiger partial charge is 0.493 e. The predicted octanol–water partition coefficient (Wildman–Crippen LogP) is 4.51. The van der Waals surface area contributed by atoms with Crippen molar-refractivity contribution in [1.82, 2.24) is 9.88 Å². The Morgan fingerprint density at radius 2 is 1.91 bits per heavy atom. The van der Waals surface area contributed by atoms with Gasteiger partial charge < -0.3 is 24.8 Å². The summed E-state index contributed by atoms with van der Waals surface area (Å²) < 4.78 is 11.8. The first-order valence-electron chi connectivity index (χ1n) is 11.8. The number of pyridine rings is 1. The number of aryl methyl sites for hydroxylation is 1. The Morgan fingerprint density at radius 1 is 1.19 bits per heavy atom. The Labute approximate surface area is 191 Å². The van der Waals surface area contributed by atoms with Gasteiger partial charge in [-0.2, -0.15) is 0 Å². The van der Waals surface area contributed by atoms with Crippen LogP contribution in [0.2, 0.25) is 0 Å². The Kier molecular flexibility index (Phi) is 8.97. The summed E-state index contributed by atoms with van der Waals surface area (Å²) in [5.41, 5.74) is 3.82. The lowest BCUT2D eigenvalue weighted by Gasteiger charge is -2.19. The monoisotopic (exact) mass is 443 g/mol. The highest BCUT2D eigenvalue weighted by molar-refractivity contribution is 5.89. The van der Waals surface area contributed by atoms with Crippen molar-refractivity contribution in [3.8, 4) is 11.5 Å². The van der Waals surface area contributed by atoms with Gasteiger partial charge in [-0.05, 0) is 82.2 Å². The summed E-state index contributed by atoms with van der Waals surface area (Å²) in [6.07, 6.45) is 8.21. The molecule has 7 nitrogen and oxygen atoms in total. The average Bonchev–Trinajstić information content (AvgIpc) is 3.49. The molecule has 2 aromatic rings. The molecule has 32 heavy (non-hydrogen) atoms. The lowest BCUT2D eigenvalue weighted by atomic mass is 10.0. The quantitative estimate of drug-likeness (QED) is 0.436. The van der Waals surface area contributed by atoms with Crippen LogP contribution < -0.4 is 14.8 Å². The van der Waals surface area contributed by atoms with E-state index in [1.807, 2.05) is 0 Å². The fourth-order valence-corrected chi connectivity index (χ4v) is 4.58. The van der Waals surface area contributed by atoms with Crippen LogP contribution in [0.3, 0.4) is 0 Å². The summed E-state index contributed by atoms with van der Waals surface area (Å²) >= 11 is 0. The minimum Gasteiger partial charge on any atom is -0.493 e. The highest BCUT2D eigenvalue weighted by atomic mass is 16.5. The molecule has 1 atom stereocenters. The maximum Gasteiger partial charge on any atom is 0.290 e. The number of anilines is 1. The van der Waals surface area contributed by atoms with Gasteiger partial charge in [-0.15, -0.1) is 0 Å². The van der Waals surface area contributed by atoms with Crippen molar-refractivity contribution in [2.75, 3.05) is 38.7 Å². The number of benzene rings is 1. The van der Waals surface area contributed by atoms with Crippen molar-refractivity contribution in [3.05, 3.63) is 23.3 Å². The number of rotatable bonds is 9. The molecule has 0 radical (unpaired) electrons. The number of methoxy groups -OCH3 is 1. The maximum absolute atomic E-state index is 8.36. The van der Waals surface area contributed by atoms with E-state index in [0.29, 0.717) is 12.6 Å². The van der Waals surface area contributed by atoms with Crippen LogP contribution in [0.15, 0.2) is 12.1 Å². The van der Waals surface area contributed by atoms with Crippen LogP contribution in [-0.2, 0) is 17.6 Å². The number of likely N-dealkylation sites (tertiary alicyclic amines) is 1. The summed E-state index contributed by atoms with van der Waals surface area (Å²) in [7, 11) is 1.73. The number of hydrogen-bond donors (Lipinski definition) is 2. The lowest BCUT2D eigenvalue weighted by Crippen LogP contribution is -2.21. The smallest absolute Gasteiger partial charge is 0.290 e. The Balaban J connectivity index is 0.000000913. The van der Waals surface area contributed by atoms with Gasteiger partial charge in [-0.3, -0.25) is 4.79 Å². The Hall–Kier alpha value is -2.54. The summed E-state index contributed by atoms with van der Waals surface area (Å²) in [6, 6.07) is 4.63. The topological polar surface area (TPSA) is 83.9 Å². The van der Waals surface area contributed by atoms with Gasteiger partial charge in [0.2, 0.25) is 0 Å². The molecule has 2 N–H and O–H groups in total. The second kappa shape index (κ2) is 11.9. The summed E-state index contributed by atoms with van der Waals surface area (Å²) in [5, 5.41) is 11.7. The minimum absolute atomic E-state index is 0.250. The van der Waals surface area contributed by atoms with Crippen LogP contribution in [0.4, 0.5) is 5.82 Å². The third-order valence-electron chi connectivity index (χ3n) is 6.41. The molecule has 1 aliphatic carbocycles. The molecular weight excluding hydrogens is 406 g/mol. The van der Waals surface area contributed by atoms with Gasteiger partial charge in [0.25, 0.3) is 6.47 Å². The van der Waals surface area contributed by atoms with E-state index in [4.69, 9.17) is 24.4 Å². The highest BCUT2D eigenvalue weighted by Gasteiger charge is 2.22. The first-order valence-corrected chi connectivity index (χ1v) is 11.8. The second-order valence-corrected chi connectivity index (χ2v) is 8.60. The van der Waals surface area contributed by atoms with Crippen LogP contribution in [0.5, 0.6) is 11.5 Å². The molecule has 1 fully saturated rings. The molecule has 0 amide bonds. The average molecular weight is 444 g/mol. The first kappa shape index (κ1) is 24.1. The highest BCUT2D eigenvalue weighted by Crippen LogP contribution is 2.39. The second-order valence-electron chi connectivity index (χ2n) is 8.60. The molecule has 0 saturated carbocycles. The van der Waals surface area contributed by atoms with E-state index in [0.717, 1.165) is 55.1 Å². The van der Waals surface area contributed by atoms with Crippen molar-refractivity contribution >= 4 is 23.2 Å². The number of carboxylic acid groups (broad SMARTS) is 1. The SMILES string of the molecule is CC[C@@H](C)Nc1nc2cc(OCCCN3CCCC3)c(OC)cc2c2c1CCC2.O=CO. The van der Waals surface area contributed by atoms with Crippen molar-refractivity contribution in [2.24, 2.45) is 0 Å². The summed E-state index contributed by atoms with van der Waals surface area (Å²) in [6.45, 7) is 8.47. The van der Waals surface area contributed by atoms with Gasteiger partial charge in [0.1, 0.15) is 5.82 Å². The van der Waals surface area contributed by atoms with Crippen molar-refractivity contribution in [1.29, 1.82) is 0 Å². The van der Waals surface area contributed by atoms with E-state index >= 15 is 0 Å². The first-order chi connectivity index (χ1) is 15.6. The number of carbonyl (C=O) groups is 1. The zero-order chi connectivity index (χ0) is 22.9. The molecule has 1 saturated heterocycles. The molecule has 7 heteroatoms. The fourth-order valence-electron chi connectivity index (χ4n) is 4.58. The molecular formula is C25H37N3O4. The van der Waals surface area contributed by atoms with E-state index in [9.17, 15) is 0 Å². The molecule has 2 heterocycles. The zero-order valence-corrected chi connectivity index (χ0v) is 19.7. The van der Waals surface area contributed by atoms with Gasteiger partial charge in [0.15, 0.2) is 11.5 Å². The van der Waals surface area contributed by atoms with Crippen LogP contribution in [0.25, 0.3) is 10.9 Å². The van der Waals surface area contributed by atoms with Gasteiger partial charge in [-0.25, -0.2) is 4.98 Å². The van der Waals surface area contributed by atoms with Gasteiger partial charge in [0, 0.05) is 24.0 Å². The van der Waals surface area contributed by atoms with Crippen LogP contribution >= 0.6 is 0 Å². The number of nitrogens with zero attached hydrogens (tertiary/aromatic N) is 2. The molecule has 1 aromatic carbocycles. The molecule has 0 bridgehead atoms. The third kappa shape index (κ3) is 5.82. The van der Waals surface area contributed by atoms with Crippen molar-refractivity contribution in [3.63, 3.8) is 0 Å². The summed E-state index contributed by atoms with van der Waals surface area (Å²) in [4.78, 5) is 15.9. The molecule has 176 valence electrons. The minimum atomic E-state index is -0.250. The molecule has 1 aromatic heterocycles. The van der Waals surface area contributed by atoms with E-state index in [1.54, 1.807) is 7.11 Å². The molecule has 0 unspecified atom stereocenters. The number of fused-ring (bicyclic) bond motifs is 3. The van der Waals surface area contributed by atoms with E-state index in [-0.39, 0.29) is 6.47 Å². The number of nitrogens with one attached hydrogen (secondary N) is 1. The molecule has 4 rings (SSSR count). The maximum atomic E-state index is 8.36. The number of hydrogen-bond acceptors (Lipinski definition) is 6. The normalized spacial score (nSPS) is 16.2.